The van der Waals surface area contributed by atoms with Gasteiger partial charge in [-0.2, -0.15) is 0 Å². The average Bonchev–Trinajstić information content (AvgIpc) is 3.18. The minimum atomic E-state index is -0.168. The van der Waals surface area contributed by atoms with E-state index in [0.717, 1.165) is 0 Å². The monoisotopic (exact) mass is 440 g/mol. The van der Waals surface area contributed by atoms with Gasteiger partial charge in [-0.25, -0.2) is 0 Å². The van der Waals surface area contributed by atoms with Crippen molar-refractivity contribution in [2.75, 3.05) is 18.2 Å². The van der Waals surface area contributed by atoms with Gasteiger partial charge in [0.1, 0.15) is 6.61 Å². The fraction of sp³-hybridized carbons (Fsp3) is 0.273. The predicted octanol–water partition coefficient (Wildman–Crippen LogP) is 3.82. The van der Waals surface area contributed by atoms with Crippen molar-refractivity contribution in [2.24, 2.45) is 0 Å². The smallest absolute Gasteiger partial charge is 0.234 e. The summed E-state index contributed by atoms with van der Waals surface area (Å²) in [6, 6.07) is 14.2. The summed E-state index contributed by atoms with van der Waals surface area (Å²) in [5.74, 6) is 1.93. The molecule has 0 fully saturated rings. The van der Waals surface area contributed by atoms with Gasteiger partial charge in [-0.15, -0.1) is 10.2 Å². The zero-order chi connectivity index (χ0) is 22.2. The maximum atomic E-state index is 12.3. The number of carbonyl (C=O) groups excluding carboxylic acids is 2. The summed E-state index contributed by atoms with van der Waals surface area (Å²) in [5.41, 5.74) is 1.24. The molecule has 0 unspecified atom stereocenters. The number of benzene rings is 2. The second-order valence-corrected chi connectivity index (χ2v) is 7.50. The van der Waals surface area contributed by atoms with E-state index in [1.165, 1.54) is 18.7 Å². The summed E-state index contributed by atoms with van der Waals surface area (Å²) in [5, 5.41) is 11.9. The molecule has 2 aromatic carbocycles. The molecule has 0 aliphatic heterocycles. The minimum Gasteiger partial charge on any atom is -0.493 e. The van der Waals surface area contributed by atoms with Crippen LogP contribution in [0.1, 0.15) is 30.0 Å². The van der Waals surface area contributed by atoms with Crippen LogP contribution in [0.3, 0.4) is 0 Å². The molecule has 9 heteroatoms. The molecule has 1 heterocycles. The molecule has 8 nitrogen and oxygen atoms in total. The van der Waals surface area contributed by atoms with Gasteiger partial charge in [-0.05, 0) is 50.2 Å². The van der Waals surface area contributed by atoms with Crippen molar-refractivity contribution in [1.29, 1.82) is 0 Å². The third-order valence-electron chi connectivity index (χ3n) is 4.44. The highest BCUT2D eigenvalue weighted by Crippen LogP contribution is 2.27. The summed E-state index contributed by atoms with van der Waals surface area (Å²) in [6.07, 6.45) is 0. The molecule has 0 aliphatic carbocycles. The fourth-order valence-corrected chi connectivity index (χ4v) is 3.67. The number of ether oxygens (including phenoxy) is 2. The lowest BCUT2D eigenvalue weighted by Gasteiger charge is -2.11. The van der Waals surface area contributed by atoms with Crippen molar-refractivity contribution in [3.05, 3.63) is 59.9 Å². The molecule has 162 valence electrons. The van der Waals surface area contributed by atoms with Gasteiger partial charge < -0.3 is 19.4 Å². The lowest BCUT2D eigenvalue weighted by atomic mass is 10.1. The van der Waals surface area contributed by atoms with Gasteiger partial charge in [-0.3, -0.25) is 9.59 Å². The van der Waals surface area contributed by atoms with Crippen LogP contribution in [0.15, 0.2) is 53.7 Å². The van der Waals surface area contributed by atoms with E-state index >= 15 is 0 Å². The van der Waals surface area contributed by atoms with E-state index < -0.39 is 0 Å². The number of Topliss-reactive ketones (excluding diaryl/α,β-unsaturated/α-hetero) is 1. The Bertz CT molecular complexity index is 1050. The van der Waals surface area contributed by atoms with Crippen LogP contribution in [0.4, 0.5) is 5.69 Å². The number of hydrogen-bond acceptors (Lipinski definition) is 7. The van der Waals surface area contributed by atoms with Gasteiger partial charge in [0.05, 0.1) is 12.9 Å². The van der Waals surface area contributed by atoms with Crippen molar-refractivity contribution in [1.82, 2.24) is 14.8 Å². The molecule has 1 N–H and O–H groups in total. The number of methoxy groups -OCH3 is 1. The minimum absolute atomic E-state index is 0.0159. The van der Waals surface area contributed by atoms with Gasteiger partial charge in [0, 0.05) is 17.8 Å². The summed E-state index contributed by atoms with van der Waals surface area (Å²) in [4.78, 5) is 23.6. The standard InChI is InChI=1S/C22H24N4O4S/c1-4-26-20(13-30-19-8-6-5-7-18(19)29-3)24-25-22(26)31-14-21(28)23-17-11-9-16(10-12-17)15(2)27/h5-12H,4,13-14H2,1-3H3,(H,23,28). The molecule has 1 aromatic heterocycles. The van der Waals surface area contributed by atoms with Crippen LogP contribution >= 0.6 is 11.8 Å². The highest BCUT2D eigenvalue weighted by Gasteiger charge is 2.15. The Hall–Kier alpha value is -3.33. The first-order valence-electron chi connectivity index (χ1n) is 9.73. The van der Waals surface area contributed by atoms with E-state index in [1.807, 2.05) is 35.8 Å². The number of aromatic nitrogens is 3. The molecule has 0 saturated carbocycles. The van der Waals surface area contributed by atoms with E-state index in [0.29, 0.717) is 40.3 Å². The van der Waals surface area contributed by atoms with Crippen molar-refractivity contribution in [3.63, 3.8) is 0 Å². The molecule has 3 aromatic rings. The molecule has 0 spiro atoms. The van der Waals surface area contributed by atoms with Crippen LogP contribution in [0.25, 0.3) is 0 Å². The molecule has 0 radical (unpaired) electrons. The van der Waals surface area contributed by atoms with Gasteiger partial charge in [0.2, 0.25) is 5.91 Å². The normalized spacial score (nSPS) is 10.5. The summed E-state index contributed by atoms with van der Waals surface area (Å²) < 4.78 is 13.0. The molecule has 0 aliphatic rings. The molecule has 0 bridgehead atoms. The first-order chi connectivity index (χ1) is 15.0. The Kier molecular flexibility index (Phi) is 7.66. The summed E-state index contributed by atoms with van der Waals surface area (Å²) in [6.45, 7) is 4.37. The maximum Gasteiger partial charge on any atom is 0.234 e. The van der Waals surface area contributed by atoms with E-state index in [4.69, 9.17) is 9.47 Å². The van der Waals surface area contributed by atoms with Gasteiger partial charge in [0.15, 0.2) is 28.3 Å². The number of thioether (sulfide) groups is 1. The zero-order valence-corrected chi connectivity index (χ0v) is 18.4. The summed E-state index contributed by atoms with van der Waals surface area (Å²) >= 11 is 1.30. The average molecular weight is 441 g/mol. The maximum absolute atomic E-state index is 12.3. The number of nitrogens with one attached hydrogen (secondary N) is 1. The highest BCUT2D eigenvalue weighted by molar-refractivity contribution is 7.99. The molecule has 31 heavy (non-hydrogen) atoms. The quantitative estimate of drug-likeness (QED) is 0.378. The van der Waals surface area contributed by atoms with Crippen molar-refractivity contribution in [2.45, 2.75) is 32.2 Å². The number of nitrogens with zero attached hydrogens (tertiary/aromatic N) is 3. The van der Waals surface area contributed by atoms with Crippen LogP contribution < -0.4 is 14.8 Å². The first-order valence-corrected chi connectivity index (χ1v) is 10.7. The predicted molar refractivity (Wildman–Crippen MR) is 119 cm³/mol. The molecule has 0 atom stereocenters. The van der Waals surface area contributed by atoms with Gasteiger partial charge in [0.25, 0.3) is 0 Å². The zero-order valence-electron chi connectivity index (χ0n) is 17.6. The van der Waals surface area contributed by atoms with E-state index in [-0.39, 0.29) is 24.1 Å². The van der Waals surface area contributed by atoms with E-state index in [2.05, 4.69) is 15.5 Å². The van der Waals surface area contributed by atoms with Gasteiger partial charge in [-0.1, -0.05) is 23.9 Å². The Morgan fingerprint density at radius 1 is 1.06 bits per heavy atom. The number of anilines is 1. The topological polar surface area (TPSA) is 95.3 Å². The third-order valence-corrected chi connectivity index (χ3v) is 5.41. The molecule has 0 saturated heterocycles. The Morgan fingerprint density at radius 2 is 1.77 bits per heavy atom. The fourth-order valence-electron chi connectivity index (χ4n) is 2.85. The summed E-state index contributed by atoms with van der Waals surface area (Å²) in [7, 11) is 1.59. The largest absolute Gasteiger partial charge is 0.493 e. The Labute approximate surface area is 185 Å². The van der Waals surface area contributed by atoms with Crippen LogP contribution in [0, 0.1) is 0 Å². The SMILES string of the molecule is CCn1c(COc2ccccc2OC)nnc1SCC(=O)Nc1ccc(C(C)=O)cc1. The number of rotatable bonds is 10. The number of para-hydroxylation sites is 2. The van der Waals surface area contributed by atoms with Crippen molar-refractivity contribution < 1.29 is 19.1 Å². The molecule has 1 amide bonds. The lowest BCUT2D eigenvalue weighted by Crippen LogP contribution is -2.15. The van der Waals surface area contributed by atoms with Crippen LogP contribution in [0.5, 0.6) is 11.5 Å². The lowest BCUT2D eigenvalue weighted by molar-refractivity contribution is -0.113. The molecular formula is C22H24N4O4S. The van der Waals surface area contributed by atoms with Crippen molar-refractivity contribution in [3.8, 4) is 11.5 Å². The highest BCUT2D eigenvalue weighted by atomic mass is 32.2. The second kappa shape index (κ2) is 10.6. The van der Waals surface area contributed by atoms with E-state index in [1.54, 1.807) is 31.4 Å². The van der Waals surface area contributed by atoms with Gasteiger partial charge >= 0.3 is 0 Å². The van der Waals surface area contributed by atoms with Crippen LogP contribution in [0.2, 0.25) is 0 Å². The Balaban J connectivity index is 1.57. The first kappa shape index (κ1) is 22.4. The number of hydrogen-bond donors (Lipinski definition) is 1. The molecule has 3 rings (SSSR count). The molecular weight excluding hydrogens is 416 g/mol. The second-order valence-electron chi connectivity index (χ2n) is 6.55. The number of amides is 1. The number of ketones is 1. The third kappa shape index (κ3) is 5.85. The Morgan fingerprint density at radius 3 is 2.42 bits per heavy atom. The van der Waals surface area contributed by atoms with Crippen molar-refractivity contribution >= 4 is 29.1 Å². The van der Waals surface area contributed by atoms with Crippen LogP contribution in [-0.4, -0.2) is 39.3 Å². The van der Waals surface area contributed by atoms with E-state index in [9.17, 15) is 9.59 Å². The van der Waals surface area contributed by atoms with Crippen LogP contribution in [-0.2, 0) is 17.9 Å². The number of carbonyl (C=O) groups is 2.